The van der Waals surface area contributed by atoms with E-state index in [1.165, 1.54) is 85.7 Å². The molecule has 0 radical (unpaired) electrons. The number of thiophene rings is 1. The van der Waals surface area contributed by atoms with E-state index in [4.69, 9.17) is 24.4 Å². The predicted molar refractivity (Wildman–Crippen MR) is 457 cm³/mol. The summed E-state index contributed by atoms with van der Waals surface area (Å²) in [5.41, 5.74) is 27.3. The molecule has 0 atom stereocenters. The zero-order chi connectivity index (χ0) is 72.4. The van der Waals surface area contributed by atoms with Crippen LogP contribution >= 0.6 is 11.3 Å². The van der Waals surface area contributed by atoms with Gasteiger partial charge in [-0.3, -0.25) is 4.57 Å². The lowest BCUT2D eigenvalue weighted by Gasteiger charge is -2.15. The smallest absolute Gasteiger partial charge is 0.235 e. The predicted octanol–water partition coefficient (Wildman–Crippen LogP) is 26.5. The minimum atomic E-state index is 0.585. The van der Waals surface area contributed by atoms with E-state index < -0.39 is 0 Å². The Labute approximate surface area is 634 Å². The summed E-state index contributed by atoms with van der Waals surface area (Å²) in [5, 5.41) is 14.2. The standard InChI is InChI=1S/C100H62N8OS/c1-59-46-60(2)98-83(47-59)77-52-64(38-42-91(77)107(98)71-50-67(61-20-5-3-6-21-61)48-68(51-71)84-44-45-101-100(104-84)108-90-34-17-12-29-75(90)78-54-80-76-30-13-18-35-94(76)109-95(80)57-92(78)108)65-39-43-96-81(53-65)82-55-79-74-28-11-16-33-89(74)106(93(79)58-97(82)110-96)70-25-19-24-66(49-70)99-102-85(62-22-7-4-8-23-62)56-86(103-99)63-36-40-69(41-37-63)105-87-31-14-9-26-72(87)73-27-10-15-32-88(73)105/h3-58H,1-2H3. The molecule has 8 heterocycles. The number of para-hydroxylation sites is 5. The van der Waals surface area contributed by atoms with Crippen LogP contribution in [0.15, 0.2) is 344 Å². The van der Waals surface area contributed by atoms with Gasteiger partial charge in [0.2, 0.25) is 5.95 Å². The van der Waals surface area contributed by atoms with E-state index >= 15 is 0 Å². The van der Waals surface area contributed by atoms with Gasteiger partial charge in [-0.2, -0.15) is 0 Å². The first kappa shape index (κ1) is 61.9. The summed E-state index contributed by atoms with van der Waals surface area (Å²) in [4.78, 5) is 21.3. The lowest BCUT2D eigenvalue weighted by atomic mass is 9.99. The van der Waals surface area contributed by atoms with E-state index in [0.717, 1.165) is 133 Å². The van der Waals surface area contributed by atoms with Crippen LogP contribution < -0.4 is 0 Å². The van der Waals surface area contributed by atoms with Gasteiger partial charge in [0.05, 0.1) is 61.2 Å². The topological polar surface area (TPSA) is 84.4 Å². The summed E-state index contributed by atoms with van der Waals surface area (Å²) in [6.45, 7) is 4.46. The van der Waals surface area contributed by atoms with Gasteiger partial charge in [0.25, 0.3) is 0 Å². The summed E-state index contributed by atoms with van der Waals surface area (Å²) in [5.74, 6) is 1.25. The van der Waals surface area contributed by atoms with E-state index in [-0.39, 0.29) is 0 Å². The van der Waals surface area contributed by atoms with E-state index in [0.29, 0.717) is 11.8 Å². The highest BCUT2D eigenvalue weighted by Gasteiger charge is 2.24. The van der Waals surface area contributed by atoms with Gasteiger partial charge < -0.3 is 18.1 Å². The number of benzene rings is 15. The number of hydrogen-bond donors (Lipinski definition) is 0. The Hall–Kier alpha value is -14.3. The highest BCUT2D eigenvalue weighted by Crippen LogP contribution is 2.46. The molecule has 0 bridgehead atoms. The first-order chi connectivity index (χ1) is 54.3. The van der Waals surface area contributed by atoms with Crippen molar-refractivity contribution in [3.8, 4) is 90.4 Å². The fraction of sp³-hybridized carbons (Fsp3) is 0.0200. The van der Waals surface area contributed by atoms with Crippen molar-refractivity contribution in [3.05, 3.63) is 351 Å². The number of fused-ring (bicyclic) bond motifs is 18. The first-order valence-electron chi connectivity index (χ1n) is 37.3. The summed E-state index contributed by atoms with van der Waals surface area (Å²) in [6.07, 6.45) is 1.89. The Morgan fingerprint density at radius 1 is 0.264 bits per heavy atom. The van der Waals surface area contributed by atoms with Crippen molar-refractivity contribution in [2.24, 2.45) is 0 Å². The second-order valence-corrected chi connectivity index (χ2v) is 30.1. The van der Waals surface area contributed by atoms with Crippen LogP contribution in [-0.2, 0) is 0 Å². The van der Waals surface area contributed by atoms with Gasteiger partial charge in [0.15, 0.2) is 5.82 Å². The van der Waals surface area contributed by atoms with Crippen LogP contribution in [0.2, 0.25) is 0 Å². The van der Waals surface area contributed by atoms with Crippen molar-refractivity contribution in [3.63, 3.8) is 0 Å². The van der Waals surface area contributed by atoms with Crippen molar-refractivity contribution < 1.29 is 4.42 Å². The summed E-state index contributed by atoms with van der Waals surface area (Å²) >= 11 is 1.85. The molecule has 0 aliphatic heterocycles. The fourth-order valence-corrected chi connectivity index (χ4v) is 18.7. The zero-order valence-electron chi connectivity index (χ0n) is 59.7. The first-order valence-corrected chi connectivity index (χ1v) is 38.1. The number of aryl methyl sites for hydroxylation is 2. The molecule has 514 valence electrons. The third-order valence-corrected chi connectivity index (χ3v) is 23.7. The maximum Gasteiger partial charge on any atom is 0.235 e. The van der Waals surface area contributed by atoms with Crippen LogP contribution in [0.4, 0.5) is 0 Å². The van der Waals surface area contributed by atoms with Gasteiger partial charge in [-0.15, -0.1) is 11.3 Å². The highest BCUT2D eigenvalue weighted by molar-refractivity contribution is 7.25. The normalized spacial score (nSPS) is 12.1. The highest BCUT2D eigenvalue weighted by atomic mass is 32.1. The third-order valence-electron chi connectivity index (χ3n) is 22.5. The molecule has 0 spiro atoms. The quantitative estimate of drug-likeness (QED) is 0.136. The second kappa shape index (κ2) is 24.1. The molecule has 8 aromatic heterocycles. The van der Waals surface area contributed by atoms with E-state index in [9.17, 15) is 0 Å². The van der Waals surface area contributed by atoms with E-state index in [1.807, 2.05) is 35.7 Å². The number of aromatic nitrogens is 8. The van der Waals surface area contributed by atoms with Crippen molar-refractivity contribution in [1.82, 2.24) is 38.2 Å². The van der Waals surface area contributed by atoms with Crippen molar-refractivity contribution in [2.45, 2.75) is 13.8 Å². The molecule has 0 saturated heterocycles. The minimum absolute atomic E-state index is 0.585. The van der Waals surface area contributed by atoms with Gasteiger partial charge >= 0.3 is 0 Å². The Morgan fingerprint density at radius 2 is 0.800 bits per heavy atom. The van der Waals surface area contributed by atoms with Crippen molar-refractivity contribution in [1.29, 1.82) is 0 Å². The Bertz CT molecular complexity index is 7750. The monoisotopic (exact) mass is 1420 g/mol. The second-order valence-electron chi connectivity index (χ2n) is 29.1. The molecule has 15 aromatic carbocycles. The minimum Gasteiger partial charge on any atom is -0.456 e. The molecular formula is C100H62N8OS. The molecule has 0 unspecified atom stereocenters. The van der Waals surface area contributed by atoms with Gasteiger partial charge in [-0.25, -0.2) is 19.9 Å². The Morgan fingerprint density at radius 3 is 1.52 bits per heavy atom. The van der Waals surface area contributed by atoms with Gasteiger partial charge in [-0.05, 0) is 175 Å². The average molecular weight is 1420 g/mol. The largest absolute Gasteiger partial charge is 0.456 e. The lowest BCUT2D eigenvalue weighted by Crippen LogP contribution is -2.02. The summed E-state index contributed by atoms with van der Waals surface area (Å²) in [7, 11) is 0. The SMILES string of the molecule is Cc1cc(C)c2c(c1)c1cc(-c3ccc4sc5cc6c(cc5c4c3)c3ccccc3n6-c3cccc(-c4nc(-c5ccccc5)cc(-c5ccc(-n6c7ccccc7c7ccccc76)cc5)n4)c3)ccc1n2-c1cc(-c2ccccc2)cc(-c2ccnc(-n3c4ccccc4c4cc5c(cc43)oc3ccccc35)n2)c1. The van der Waals surface area contributed by atoms with Crippen LogP contribution in [0.1, 0.15) is 11.1 Å². The molecular weight excluding hydrogens is 1360 g/mol. The van der Waals surface area contributed by atoms with Crippen LogP contribution in [0.5, 0.6) is 0 Å². The number of nitrogens with zero attached hydrogens (tertiary/aromatic N) is 8. The molecule has 0 aliphatic rings. The lowest BCUT2D eigenvalue weighted by molar-refractivity contribution is 0.669. The molecule has 0 N–H and O–H groups in total. The number of furan rings is 1. The summed E-state index contributed by atoms with van der Waals surface area (Å²) in [6, 6.07) is 121. The molecule has 110 heavy (non-hydrogen) atoms. The maximum absolute atomic E-state index is 6.50. The van der Waals surface area contributed by atoms with Gasteiger partial charge in [0, 0.05) is 126 Å². The van der Waals surface area contributed by atoms with Crippen LogP contribution in [0, 0.1) is 13.8 Å². The number of hydrogen-bond acceptors (Lipinski definition) is 6. The average Bonchev–Trinajstić information content (AvgIpc) is 1.57. The van der Waals surface area contributed by atoms with E-state index in [2.05, 4.69) is 348 Å². The van der Waals surface area contributed by atoms with Crippen molar-refractivity contribution >= 4 is 141 Å². The molecule has 0 fully saturated rings. The number of rotatable bonds is 10. The molecule has 23 aromatic rings. The zero-order valence-corrected chi connectivity index (χ0v) is 60.5. The molecule has 0 aliphatic carbocycles. The van der Waals surface area contributed by atoms with Crippen LogP contribution in [-0.4, -0.2) is 38.2 Å². The van der Waals surface area contributed by atoms with Crippen LogP contribution in [0.3, 0.4) is 0 Å². The van der Waals surface area contributed by atoms with Gasteiger partial charge in [0.1, 0.15) is 11.2 Å². The van der Waals surface area contributed by atoms with Crippen molar-refractivity contribution in [2.75, 3.05) is 0 Å². The Balaban J connectivity index is 0.620. The maximum atomic E-state index is 6.50. The third kappa shape index (κ3) is 9.66. The molecule has 23 rings (SSSR count). The Kier molecular flexibility index (Phi) is 13.6. The van der Waals surface area contributed by atoms with Crippen LogP contribution in [0.25, 0.3) is 220 Å². The summed E-state index contributed by atoms with van der Waals surface area (Å²) < 4.78 is 18.4. The van der Waals surface area contributed by atoms with E-state index in [1.54, 1.807) is 0 Å². The molecule has 9 nitrogen and oxygen atoms in total. The van der Waals surface area contributed by atoms with Gasteiger partial charge in [-0.1, -0.05) is 200 Å². The fourth-order valence-electron chi connectivity index (χ4n) is 17.6. The molecule has 0 saturated carbocycles. The molecule has 10 heteroatoms. The molecule has 0 amide bonds.